The van der Waals surface area contributed by atoms with E-state index in [0.717, 1.165) is 41.3 Å². The molecule has 2 atom stereocenters. The third kappa shape index (κ3) is 3.01. The van der Waals surface area contributed by atoms with Crippen LogP contribution in [-0.4, -0.2) is 54.3 Å². The predicted octanol–water partition coefficient (Wildman–Crippen LogP) is 1.86. The van der Waals surface area contributed by atoms with Gasteiger partial charge in [0.1, 0.15) is 6.33 Å². The van der Waals surface area contributed by atoms with E-state index in [-0.39, 0.29) is 5.92 Å². The summed E-state index contributed by atoms with van der Waals surface area (Å²) in [4.78, 5) is 2.17. The van der Waals surface area contributed by atoms with Gasteiger partial charge in [-0.1, -0.05) is 30.3 Å². The fourth-order valence-corrected chi connectivity index (χ4v) is 3.89. The number of benzene rings is 1. The standard InChI is InChI=1S/C20H21N7O/c1-13-7-16(23-22-13)8-15-10-26(11-19(15)28)18-9-17(14-5-3-2-4-6-14)25-27-12-21-24-20(18)27/h2-7,9,12,15,19,28H,8,10-11H2,1H3,(H,22,23)/t15-,19+/m1/s1. The van der Waals surface area contributed by atoms with Gasteiger partial charge in [-0.2, -0.15) is 14.7 Å². The fraction of sp³-hybridized carbons (Fsp3) is 0.300. The number of aliphatic hydroxyl groups is 1. The monoisotopic (exact) mass is 375 g/mol. The number of nitrogens with zero attached hydrogens (tertiary/aromatic N) is 6. The Bertz CT molecular complexity index is 1100. The van der Waals surface area contributed by atoms with Crippen molar-refractivity contribution in [2.24, 2.45) is 5.92 Å². The van der Waals surface area contributed by atoms with Crippen molar-refractivity contribution in [2.45, 2.75) is 19.4 Å². The van der Waals surface area contributed by atoms with Crippen molar-refractivity contribution in [2.75, 3.05) is 18.0 Å². The maximum absolute atomic E-state index is 10.7. The smallest absolute Gasteiger partial charge is 0.200 e. The Kier molecular flexibility index (Phi) is 4.05. The molecule has 8 nitrogen and oxygen atoms in total. The lowest BCUT2D eigenvalue weighted by Crippen LogP contribution is -2.22. The highest BCUT2D eigenvalue weighted by Gasteiger charge is 2.33. The van der Waals surface area contributed by atoms with Gasteiger partial charge in [0.25, 0.3) is 0 Å². The van der Waals surface area contributed by atoms with Gasteiger partial charge < -0.3 is 10.0 Å². The summed E-state index contributed by atoms with van der Waals surface area (Å²) in [6.45, 7) is 3.26. The molecule has 4 aromatic rings. The minimum atomic E-state index is -0.423. The molecule has 1 saturated heterocycles. The molecule has 1 aliphatic rings. The molecule has 3 aromatic heterocycles. The number of aliphatic hydroxyl groups excluding tert-OH is 1. The van der Waals surface area contributed by atoms with Gasteiger partial charge in [0, 0.05) is 30.3 Å². The lowest BCUT2D eigenvalue weighted by Gasteiger charge is -2.19. The Balaban J connectivity index is 1.48. The van der Waals surface area contributed by atoms with E-state index in [1.54, 1.807) is 10.8 Å². The highest BCUT2D eigenvalue weighted by molar-refractivity contribution is 5.74. The number of aromatic nitrogens is 6. The van der Waals surface area contributed by atoms with Crippen LogP contribution in [-0.2, 0) is 6.42 Å². The maximum Gasteiger partial charge on any atom is 0.200 e. The van der Waals surface area contributed by atoms with Gasteiger partial charge in [0.05, 0.1) is 23.2 Å². The Hall–Kier alpha value is -3.26. The first-order valence-electron chi connectivity index (χ1n) is 9.38. The summed E-state index contributed by atoms with van der Waals surface area (Å²) >= 11 is 0. The van der Waals surface area contributed by atoms with E-state index in [0.29, 0.717) is 12.2 Å². The number of aromatic amines is 1. The van der Waals surface area contributed by atoms with Crippen molar-refractivity contribution in [3.05, 3.63) is 60.2 Å². The summed E-state index contributed by atoms with van der Waals surface area (Å²) < 4.78 is 1.70. The van der Waals surface area contributed by atoms with E-state index in [2.05, 4.69) is 30.4 Å². The second-order valence-electron chi connectivity index (χ2n) is 7.36. The van der Waals surface area contributed by atoms with Crippen LogP contribution in [0.1, 0.15) is 11.4 Å². The van der Waals surface area contributed by atoms with Crippen molar-refractivity contribution in [3.8, 4) is 11.3 Å². The zero-order valence-corrected chi connectivity index (χ0v) is 15.5. The zero-order chi connectivity index (χ0) is 19.1. The largest absolute Gasteiger partial charge is 0.391 e. The lowest BCUT2D eigenvalue weighted by molar-refractivity contribution is 0.148. The molecule has 5 rings (SSSR count). The van der Waals surface area contributed by atoms with Crippen LogP contribution in [0.5, 0.6) is 0 Å². The summed E-state index contributed by atoms with van der Waals surface area (Å²) in [6, 6.07) is 14.1. The molecule has 1 aliphatic heterocycles. The summed E-state index contributed by atoms with van der Waals surface area (Å²) in [5.41, 5.74) is 5.53. The molecule has 4 heterocycles. The number of anilines is 1. The molecule has 1 aromatic carbocycles. The van der Waals surface area contributed by atoms with Crippen LogP contribution in [0.3, 0.4) is 0 Å². The van der Waals surface area contributed by atoms with Crippen molar-refractivity contribution in [1.29, 1.82) is 0 Å². The number of hydrogen-bond acceptors (Lipinski definition) is 6. The molecule has 142 valence electrons. The molecule has 0 saturated carbocycles. The number of nitrogens with one attached hydrogen (secondary N) is 1. The first-order chi connectivity index (χ1) is 13.7. The van der Waals surface area contributed by atoms with E-state index in [1.165, 1.54) is 0 Å². The van der Waals surface area contributed by atoms with Crippen molar-refractivity contribution in [1.82, 2.24) is 30.0 Å². The number of aryl methyl sites for hydroxylation is 1. The summed E-state index contributed by atoms with van der Waals surface area (Å²) in [7, 11) is 0. The quantitative estimate of drug-likeness (QED) is 0.565. The molecule has 8 heteroatoms. The Morgan fingerprint density at radius 2 is 2.04 bits per heavy atom. The van der Waals surface area contributed by atoms with Crippen LogP contribution in [0.2, 0.25) is 0 Å². The first-order valence-corrected chi connectivity index (χ1v) is 9.38. The van der Waals surface area contributed by atoms with Crippen LogP contribution in [0.25, 0.3) is 16.9 Å². The molecule has 1 fully saturated rings. The van der Waals surface area contributed by atoms with Gasteiger partial charge in [-0.25, -0.2) is 0 Å². The van der Waals surface area contributed by atoms with Crippen molar-refractivity contribution < 1.29 is 5.11 Å². The Morgan fingerprint density at radius 1 is 1.18 bits per heavy atom. The van der Waals surface area contributed by atoms with E-state index in [4.69, 9.17) is 0 Å². The third-order valence-electron chi connectivity index (χ3n) is 5.30. The highest BCUT2D eigenvalue weighted by atomic mass is 16.3. The average Bonchev–Trinajstić information content (AvgIpc) is 3.43. The van der Waals surface area contributed by atoms with Gasteiger partial charge >= 0.3 is 0 Å². The second-order valence-corrected chi connectivity index (χ2v) is 7.36. The zero-order valence-electron chi connectivity index (χ0n) is 15.5. The van der Waals surface area contributed by atoms with Crippen LogP contribution in [0, 0.1) is 12.8 Å². The number of H-pyrrole nitrogens is 1. The van der Waals surface area contributed by atoms with Crippen LogP contribution in [0.4, 0.5) is 5.69 Å². The normalized spacial score (nSPS) is 19.6. The van der Waals surface area contributed by atoms with E-state index in [9.17, 15) is 5.11 Å². The van der Waals surface area contributed by atoms with Gasteiger partial charge in [-0.15, -0.1) is 10.2 Å². The molecule has 0 unspecified atom stereocenters. The second kappa shape index (κ2) is 6.72. The molecule has 0 radical (unpaired) electrons. The average molecular weight is 375 g/mol. The van der Waals surface area contributed by atoms with Gasteiger partial charge in [-0.05, 0) is 25.5 Å². The predicted molar refractivity (Wildman–Crippen MR) is 105 cm³/mol. The van der Waals surface area contributed by atoms with Gasteiger partial charge in [0.15, 0.2) is 0 Å². The molecular formula is C20H21N7O. The van der Waals surface area contributed by atoms with Gasteiger partial charge in [-0.3, -0.25) is 5.10 Å². The highest BCUT2D eigenvalue weighted by Crippen LogP contribution is 2.31. The van der Waals surface area contributed by atoms with E-state index in [1.807, 2.05) is 49.4 Å². The number of rotatable bonds is 4. The lowest BCUT2D eigenvalue weighted by atomic mass is 10.0. The minimum absolute atomic E-state index is 0.110. The van der Waals surface area contributed by atoms with Crippen molar-refractivity contribution >= 4 is 11.3 Å². The Labute approximate surface area is 161 Å². The van der Waals surface area contributed by atoms with E-state index < -0.39 is 6.10 Å². The molecule has 28 heavy (non-hydrogen) atoms. The van der Waals surface area contributed by atoms with Crippen LogP contribution >= 0.6 is 0 Å². The molecule has 0 amide bonds. The number of fused-ring (bicyclic) bond motifs is 1. The topological polar surface area (TPSA) is 95.2 Å². The van der Waals surface area contributed by atoms with Crippen LogP contribution < -0.4 is 4.90 Å². The summed E-state index contributed by atoms with van der Waals surface area (Å²) in [5.74, 6) is 0.110. The van der Waals surface area contributed by atoms with Gasteiger partial charge in [0.2, 0.25) is 5.65 Å². The summed E-state index contributed by atoms with van der Waals surface area (Å²) in [5, 5.41) is 30.9. The molecule has 2 N–H and O–H groups in total. The van der Waals surface area contributed by atoms with E-state index >= 15 is 0 Å². The number of hydrogen-bond donors (Lipinski definition) is 2. The maximum atomic E-state index is 10.7. The molecule has 0 spiro atoms. The molecule has 0 aliphatic carbocycles. The minimum Gasteiger partial charge on any atom is -0.391 e. The fourth-order valence-electron chi connectivity index (χ4n) is 3.89. The molecular weight excluding hydrogens is 354 g/mol. The number of β-amino-alcohol motifs (C(OH)–C–C–N with tert-alkyl or cyclic N) is 1. The third-order valence-corrected chi connectivity index (χ3v) is 5.30. The molecule has 0 bridgehead atoms. The van der Waals surface area contributed by atoms with Crippen molar-refractivity contribution in [3.63, 3.8) is 0 Å². The first kappa shape index (κ1) is 16.9. The van der Waals surface area contributed by atoms with Crippen LogP contribution in [0.15, 0.2) is 48.8 Å². The summed E-state index contributed by atoms with van der Waals surface area (Å²) in [6.07, 6.45) is 1.93. The SMILES string of the molecule is Cc1cc(C[C@@H]2CN(c3cc(-c4ccccc4)nn4cnnc34)C[C@@H]2O)n[nH]1. The Morgan fingerprint density at radius 3 is 2.82 bits per heavy atom.